The Morgan fingerprint density at radius 1 is 1.03 bits per heavy atom. The fraction of sp³-hybridized carbons (Fsp3) is 0.125. The van der Waals surface area contributed by atoms with Crippen LogP contribution in [0.25, 0.3) is 33.2 Å². The Morgan fingerprint density at radius 3 is 2.63 bits per heavy atom. The third-order valence-electron chi connectivity index (χ3n) is 5.45. The molecule has 5 rings (SSSR count). The van der Waals surface area contributed by atoms with Gasteiger partial charge < -0.3 is 10.3 Å². The quantitative estimate of drug-likeness (QED) is 0.336. The lowest BCUT2D eigenvalue weighted by Crippen LogP contribution is -2.30. The van der Waals surface area contributed by atoms with E-state index in [1.54, 1.807) is 43.3 Å². The minimum absolute atomic E-state index is 0.0193. The molecule has 1 aromatic carbocycles. The van der Waals surface area contributed by atoms with Gasteiger partial charge >= 0.3 is 6.18 Å². The van der Waals surface area contributed by atoms with Crippen LogP contribution in [0.15, 0.2) is 65.8 Å². The highest BCUT2D eigenvalue weighted by atomic mass is 35.5. The number of pyridine rings is 3. The minimum atomic E-state index is -4.79. The van der Waals surface area contributed by atoms with Crippen LogP contribution in [-0.2, 0) is 0 Å². The fourth-order valence-electron chi connectivity index (χ4n) is 3.84. The minimum Gasteiger partial charge on any atom is -0.353 e. The first kappa shape index (κ1) is 22.7. The van der Waals surface area contributed by atoms with E-state index in [0.717, 1.165) is 6.33 Å². The molecule has 0 saturated heterocycles. The number of aromatic amines is 1. The Hall–Kier alpha value is -4.05. The van der Waals surface area contributed by atoms with E-state index >= 15 is 0 Å². The molecule has 2 N–H and O–H groups in total. The third-order valence-corrected chi connectivity index (χ3v) is 5.76. The molecule has 5 aromatic rings. The van der Waals surface area contributed by atoms with Crippen molar-refractivity contribution in [3.8, 4) is 11.3 Å². The SMILES string of the molecule is Cc1ccc(-c2nc3c(Cl)cccc3cc2[C@@H](Nc2ncnc3cccnc23)C(F)(F)F)c(=O)[nH]1. The summed E-state index contributed by atoms with van der Waals surface area (Å²) in [6.07, 6.45) is -2.19. The molecule has 11 heteroatoms. The van der Waals surface area contributed by atoms with Crippen molar-refractivity contribution in [3.63, 3.8) is 0 Å². The summed E-state index contributed by atoms with van der Waals surface area (Å²) >= 11 is 6.29. The van der Waals surface area contributed by atoms with E-state index in [0.29, 0.717) is 16.6 Å². The van der Waals surface area contributed by atoms with Gasteiger partial charge in [0, 0.05) is 22.8 Å². The second kappa shape index (κ2) is 8.62. The van der Waals surface area contributed by atoms with E-state index < -0.39 is 17.8 Å². The van der Waals surface area contributed by atoms with Crippen LogP contribution < -0.4 is 10.9 Å². The van der Waals surface area contributed by atoms with Crippen molar-refractivity contribution in [2.45, 2.75) is 19.1 Å². The van der Waals surface area contributed by atoms with Crippen LogP contribution in [0.1, 0.15) is 17.3 Å². The number of nitrogens with one attached hydrogen (secondary N) is 2. The van der Waals surface area contributed by atoms with Gasteiger partial charge in [0.1, 0.15) is 11.8 Å². The molecule has 0 bridgehead atoms. The molecule has 35 heavy (non-hydrogen) atoms. The van der Waals surface area contributed by atoms with Crippen LogP contribution in [0.4, 0.5) is 19.0 Å². The average Bonchev–Trinajstić information content (AvgIpc) is 2.82. The van der Waals surface area contributed by atoms with Gasteiger partial charge in [0.2, 0.25) is 0 Å². The van der Waals surface area contributed by atoms with E-state index in [9.17, 15) is 18.0 Å². The van der Waals surface area contributed by atoms with Gasteiger partial charge in [0.25, 0.3) is 5.56 Å². The van der Waals surface area contributed by atoms with Gasteiger partial charge in [-0.15, -0.1) is 0 Å². The molecular formula is C24H16ClF3N6O. The van der Waals surface area contributed by atoms with Crippen LogP contribution in [0.5, 0.6) is 0 Å². The van der Waals surface area contributed by atoms with Crippen LogP contribution in [-0.4, -0.2) is 31.1 Å². The molecule has 0 amide bonds. The number of aromatic nitrogens is 5. The molecule has 0 fully saturated rings. The van der Waals surface area contributed by atoms with Crippen molar-refractivity contribution in [3.05, 3.63) is 87.7 Å². The van der Waals surface area contributed by atoms with E-state index in [1.807, 2.05) is 0 Å². The Balaban J connectivity index is 1.78. The van der Waals surface area contributed by atoms with E-state index in [-0.39, 0.29) is 38.7 Å². The first-order valence-electron chi connectivity index (χ1n) is 10.4. The second-order valence-corrected chi connectivity index (χ2v) is 8.24. The van der Waals surface area contributed by atoms with Gasteiger partial charge in [-0.2, -0.15) is 13.2 Å². The normalized spacial score (nSPS) is 12.7. The van der Waals surface area contributed by atoms with Gasteiger partial charge in [-0.05, 0) is 43.3 Å². The second-order valence-electron chi connectivity index (χ2n) is 7.83. The Kier molecular flexibility index (Phi) is 5.60. The topological polar surface area (TPSA) is 96.4 Å². The number of hydrogen-bond donors (Lipinski definition) is 2. The molecule has 176 valence electrons. The molecule has 4 heterocycles. The Bertz CT molecular complexity index is 1630. The van der Waals surface area contributed by atoms with E-state index in [2.05, 4.69) is 30.2 Å². The lowest BCUT2D eigenvalue weighted by atomic mass is 9.97. The van der Waals surface area contributed by atoms with Gasteiger partial charge in [-0.3, -0.25) is 9.78 Å². The maximum absolute atomic E-state index is 14.6. The summed E-state index contributed by atoms with van der Waals surface area (Å²) in [7, 11) is 0. The molecule has 7 nitrogen and oxygen atoms in total. The molecule has 0 spiro atoms. The third kappa shape index (κ3) is 4.28. The number of benzene rings is 1. The summed E-state index contributed by atoms with van der Waals surface area (Å²) in [5, 5.41) is 3.12. The number of anilines is 1. The predicted octanol–water partition coefficient (Wildman–Crippen LogP) is 5.61. The zero-order valence-electron chi connectivity index (χ0n) is 18.1. The van der Waals surface area contributed by atoms with Crippen molar-refractivity contribution in [2.75, 3.05) is 5.32 Å². The predicted molar refractivity (Wildman–Crippen MR) is 127 cm³/mol. The number of H-pyrrole nitrogens is 1. The van der Waals surface area contributed by atoms with E-state index in [1.165, 1.54) is 18.3 Å². The summed E-state index contributed by atoms with van der Waals surface area (Å²) in [5.41, 5.74) is 0.401. The monoisotopic (exact) mass is 496 g/mol. The molecule has 0 unspecified atom stereocenters. The van der Waals surface area contributed by atoms with Crippen LogP contribution in [0.2, 0.25) is 5.02 Å². The Morgan fingerprint density at radius 2 is 1.86 bits per heavy atom. The molecule has 4 aromatic heterocycles. The van der Waals surface area contributed by atoms with Crippen molar-refractivity contribution >= 4 is 39.4 Å². The summed E-state index contributed by atoms with van der Waals surface area (Å²) in [5.74, 6) is -0.104. The number of halogens is 4. The molecule has 0 saturated carbocycles. The van der Waals surface area contributed by atoms with Gasteiger partial charge in [-0.25, -0.2) is 15.0 Å². The molecule has 0 aliphatic heterocycles. The standard InChI is InChI=1S/C24H16ClF3N6O/c1-12-7-8-14(23(35)32-12)19-15(10-13-4-2-5-16(25)18(13)33-19)21(24(26,27)28)34-22-20-17(30-11-31-22)6-3-9-29-20/h2-11,21H,1H3,(H,32,35)(H,30,31,34)/t21-/m1/s1. The maximum Gasteiger partial charge on any atom is 0.412 e. The number of aryl methyl sites for hydroxylation is 1. The zero-order chi connectivity index (χ0) is 24.7. The fourth-order valence-corrected chi connectivity index (χ4v) is 4.07. The molecule has 0 radical (unpaired) electrons. The Labute approximate surface area is 201 Å². The van der Waals surface area contributed by atoms with Gasteiger partial charge in [0.15, 0.2) is 11.9 Å². The van der Waals surface area contributed by atoms with E-state index in [4.69, 9.17) is 11.6 Å². The summed E-state index contributed by atoms with van der Waals surface area (Å²) in [4.78, 5) is 32.0. The van der Waals surface area contributed by atoms with Crippen molar-refractivity contribution in [1.29, 1.82) is 0 Å². The lowest BCUT2D eigenvalue weighted by molar-refractivity contribution is -0.143. The summed E-state index contributed by atoms with van der Waals surface area (Å²) in [6, 6.07) is 10.2. The number of fused-ring (bicyclic) bond motifs is 2. The zero-order valence-corrected chi connectivity index (χ0v) is 18.8. The number of hydrogen-bond acceptors (Lipinski definition) is 6. The van der Waals surface area contributed by atoms with Crippen LogP contribution >= 0.6 is 11.6 Å². The number of nitrogens with zero attached hydrogens (tertiary/aromatic N) is 4. The van der Waals surface area contributed by atoms with Gasteiger partial charge in [-0.1, -0.05) is 23.7 Å². The number of alkyl halides is 3. The summed E-state index contributed by atoms with van der Waals surface area (Å²) in [6.45, 7) is 1.67. The first-order valence-corrected chi connectivity index (χ1v) is 10.8. The number of para-hydroxylation sites is 1. The highest BCUT2D eigenvalue weighted by Crippen LogP contribution is 2.41. The van der Waals surface area contributed by atoms with Crippen LogP contribution in [0, 0.1) is 6.92 Å². The van der Waals surface area contributed by atoms with Gasteiger partial charge in [0.05, 0.1) is 27.3 Å². The molecule has 1 atom stereocenters. The first-order chi connectivity index (χ1) is 16.7. The molecule has 0 aliphatic rings. The largest absolute Gasteiger partial charge is 0.412 e. The molecule has 0 aliphatic carbocycles. The smallest absolute Gasteiger partial charge is 0.353 e. The molecular weight excluding hydrogens is 481 g/mol. The van der Waals surface area contributed by atoms with Crippen molar-refractivity contribution < 1.29 is 13.2 Å². The highest BCUT2D eigenvalue weighted by Gasteiger charge is 2.43. The highest BCUT2D eigenvalue weighted by molar-refractivity contribution is 6.35. The lowest BCUT2D eigenvalue weighted by Gasteiger charge is -2.25. The maximum atomic E-state index is 14.6. The van der Waals surface area contributed by atoms with Crippen molar-refractivity contribution in [1.82, 2.24) is 24.9 Å². The van der Waals surface area contributed by atoms with Crippen LogP contribution in [0.3, 0.4) is 0 Å². The number of rotatable bonds is 4. The average molecular weight is 497 g/mol. The summed E-state index contributed by atoms with van der Waals surface area (Å²) < 4.78 is 43.7. The van der Waals surface area contributed by atoms with Crippen molar-refractivity contribution in [2.24, 2.45) is 0 Å².